The number of fused-ring (bicyclic) bond motifs is 1. The zero-order valence-corrected chi connectivity index (χ0v) is 18.7. The van der Waals surface area contributed by atoms with E-state index >= 15 is 0 Å². The molecule has 0 saturated heterocycles. The predicted octanol–water partition coefficient (Wildman–Crippen LogP) is 5.29. The minimum atomic E-state index is -0.446. The Bertz CT molecular complexity index is 1330. The molecule has 4 rings (SSSR count). The van der Waals surface area contributed by atoms with Crippen molar-refractivity contribution in [1.82, 2.24) is 4.98 Å². The van der Waals surface area contributed by atoms with Crippen LogP contribution in [0.2, 0.25) is 0 Å². The molecule has 0 aliphatic carbocycles. The number of carbonyl (C=O) groups is 3. The second-order valence-electron chi connectivity index (χ2n) is 7.13. The van der Waals surface area contributed by atoms with Crippen molar-refractivity contribution in [3.63, 3.8) is 0 Å². The smallest absolute Gasteiger partial charge is 0.337 e. The highest BCUT2D eigenvalue weighted by atomic mass is 32.1. The van der Waals surface area contributed by atoms with Gasteiger partial charge in [0.25, 0.3) is 5.91 Å². The summed E-state index contributed by atoms with van der Waals surface area (Å²) in [5.41, 5.74) is 3.68. The number of esters is 1. The quantitative estimate of drug-likeness (QED) is 0.351. The third-order valence-corrected chi connectivity index (χ3v) is 5.68. The van der Waals surface area contributed by atoms with Crippen molar-refractivity contribution >= 4 is 56.0 Å². The SMILES string of the molecule is COC(=O)c1ccc(NC(=O)Nc2cc(C)c3nc(NC(=O)c4ccccc4)sc3c2)cc1. The van der Waals surface area contributed by atoms with Gasteiger partial charge in [0.1, 0.15) is 0 Å². The van der Waals surface area contributed by atoms with Gasteiger partial charge in [-0.05, 0) is 61.0 Å². The summed E-state index contributed by atoms with van der Waals surface area (Å²) in [5, 5.41) is 8.82. The molecule has 0 unspecified atom stereocenters. The molecule has 0 aliphatic rings. The average Bonchev–Trinajstić information content (AvgIpc) is 3.22. The van der Waals surface area contributed by atoms with Gasteiger partial charge in [-0.1, -0.05) is 29.5 Å². The summed E-state index contributed by atoms with van der Waals surface area (Å²) in [6.45, 7) is 1.89. The monoisotopic (exact) mass is 460 g/mol. The number of hydrogen-bond donors (Lipinski definition) is 3. The molecule has 0 aliphatic heterocycles. The van der Waals surface area contributed by atoms with E-state index in [0.29, 0.717) is 27.6 Å². The first-order chi connectivity index (χ1) is 15.9. The second-order valence-corrected chi connectivity index (χ2v) is 8.16. The van der Waals surface area contributed by atoms with E-state index in [-0.39, 0.29) is 5.91 Å². The third-order valence-electron chi connectivity index (χ3n) is 4.76. The van der Waals surface area contributed by atoms with Crippen molar-refractivity contribution in [3.8, 4) is 0 Å². The highest BCUT2D eigenvalue weighted by Gasteiger charge is 2.13. The van der Waals surface area contributed by atoms with E-state index in [4.69, 9.17) is 0 Å². The van der Waals surface area contributed by atoms with E-state index in [1.54, 1.807) is 54.6 Å². The summed E-state index contributed by atoms with van der Waals surface area (Å²) in [4.78, 5) is 40.9. The number of thiazole rings is 1. The maximum atomic E-state index is 12.4. The van der Waals surface area contributed by atoms with Crippen LogP contribution in [0.25, 0.3) is 10.2 Å². The molecule has 0 fully saturated rings. The number of rotatable bonds is 5. The van der Waals surface area contributed by atoms with Gasteiger partial charge in [0.15, 0.2) is 5.13 Å². The Kier molecular flexibility index (Phi) is 6.32. The van der Waals surface area contributed by atoms with Crippen LogP contribution in [-0.4, -0.2) is 30.0 Å². The Balaban J connectivity index is 1.45. The molecule has 3 amide bonds. The lowest BCUT2D eigenvalue weighted by atomic mass is 10.2. The molecule has 166 valence electrons. The first-order valence-corrected chi connectivity index (χ1v) is 10.8. The normalized spacial score (nSPS) is 10.5. The average molecular weight is 461 g/mol. The van der Waals surface area contributed by atoms with Gasteiger partial charge >= 0.3 is 12.0 Å². The Morgan fingerprint density at radius 3 is 2.24 bits per heavy atom. The Morgan fingerprint density at radius 1 is 0.848 bits per heavy atom. The fourth-order valence-corrected chi connectivity index (χ4v) is 4.16. The first kappa shape index (κ1) is 22.0. The first-order valence-electron chi connectivity index (χ1n) is 9.97. The summed E-state index contributed by atoms with van der Waals surface area (Å²) in [6.07, 6.45) is 0. The number of urea groups is 1. The van der Waals surface area contributed by atoms with Crippen LogP contribution >= 0.6 is 11.3 Å². The number of carbonyl (C=O) groups excluding carboxylic acids is 3. The van der Waals surface area contributed by atoms with Gasteiger partial charge in [0, 0.05) is 16.9 Å². The Morgan fingerprint density at radius 2 is 1.55 bits per heavy atom. The van der Waals surface area contributed by atoms with E-state index in [1.807, 2.05) is 19.1 Å². The fraction of sp³-hybridized carbons (Fsp3) is 0.0833. The summed E-state index contributed by atoms with van der Waals surface area (Å²) < 4.78 is 5.49. The summed E-state index contributed by atoms with van der Waals surface area (Å²) in [5.74, 6) is -0.679. The van der Waals surface area contributed by atoms with Gasteiger partial charge in [-0.15, -0.1) is 0 Å². The highest BCUT2D eigenvalue weighted by Crippen LogP contribution is 2.31. The molecule has 3 N–H and O–H groups in total. The molecule has 0 atom stereocenters. The largest absolute Gasteiger partial charge is 0.465 e. The standard InChI is InChI=1S/C24H20N4O4S/c1-14-12-18(26-23(31)25-17-10-8-16(9-11-17)22(30)32-2)13-19-20(14)27-24(33-19)28-21(29)15-6-4-3-5-7-15/h3-13H,1-2H3,(H2,25,26,31)(H,27,28,29). The van der Waals surface area contributed by atoms with Crippen LogP contribution in [0.3, 0.4) is 0 Å². The molecular weight excluding hydrogens is 440 g/mol. The summed E-state index contributed by atoms with van der Waals surface area (Å²) >= 11 is 1.33. The number of nitrogens with one attached hydrogen (secondary N) is 3. The number of anilines is 3. The molecule has 1 aromatic heterocycles. The van der Waals surface area contributed by atoms with Gasteiger partial charge in [-0.25, -0.2) is 14.6 Å². The Hall–Kier alpha value is -4.24. The number of aryl methyl sites for hydroxylation is 1. The molecule has 4 aromatic rings. The lowest BCUT2D eigenvalue weighted by Gasteiger charge is -2.09. The number of ether oxygens (including phenoxy) is 1. The van der Waals surface area contributed by atoms with E-state index in [9.17, 15) is 14.4 Å². The third kappa shape index (κ3) is 5.16. The van der Waals surface area contributed by atoms with Gasteiger partial charge in [-0.2, -0.15) is 0 Å². The molecule has 33 heavy (non-hydrogen) atoms. The molecule has 9 heteroatoms. The topological polar surface area (TPSA) is 109 Å². The van der Waals surface area contributed by atoms with Crippen LogP contribution in [0.15, 0.2) is 66.7 Å². The summed E-state index contributed by atoms with van der Waals surface area (Å²) in [7, 11) is 1.31. The van der Waals surface area contributed by atoms with Gasteiger partial charge in [-0.3, -0.25) is 10.1 Å². The van der Waals surface area contributed by atoms with Crippen molar-refractivity contribution in [3.05, 3.63) is 83.4 Å². The van der Waals surface area contributed by atoms with Crippen molar-refractivity contribution in [2.45, 2.75) is 6.92 Å². The molecule has 0 saturated carbocycles. The molecule has 1 heterocycles. The molecule has 8 nitrogen and oxygen atoms in total. The number of methoxy groups -OCH3 is 1. The van der Waals surface area contributed by atoms with Crippen LogP contribution in [0.5, 0.6) is 0 Å². The molecular formula is C24H20N4O4S. The minimum Gasteiger partial charge on any atom is -0.465 e. The van der Waals surface area contributed by atoms with Crippen LogP contribution in [0.1, 0.15) is 26.3 Å². The fourth-order valence-electron chi connectivity index (χ4n) is 3.18. The second kappa shape index (κ2) is 9.49. The molecule has 0 radical (unpaired) electrons. The van der Waals surface area contributed by atoms with E-state index < -0.39 is 12.0 Å². The van der Waals surface area contributed by atoms with Crippen molar-refractivity contribution in [2.75, 3.05) is 23.1 Å². The van der Waals surface area contributed by atoms with Gasteiger partial charge in [0.2, 0.25) is 0 Å². The zero-order valence-electron chi connectivity index (χ0n) is 17.8. The van der Waals surface area contributed by atoms with Gasteiger partial charge < -0.3 is 15.4 Å². The lowest BCUT2D eigenvalue weighted by Crippen LogP contribution is -2.19. The van der Waals surface area contributed by atoms with E-state index in [1.165, 1.54) is 18.4 Å². The lowest BCUT2D eigenvalue weighted by molar-refractivity contribution is 0.0600. The summed E-state index contributed by atoms with van der Waals surface area (Å²) in [6, 6.07) is 18.5. The molecule has 0 spiro atoms. The maximum absolute atomic E-state index is 12.4. The zero-order chi connectivity index (χ0) is 23.4. The van der Waals surface area contributed by atoms with Crippen LogP contribution in [0, 0.1) is 6.92 Å². The molecule has 0 bridgehead atoms. The van der Waals surface area contributed by atoms with Crippen LogP contribution in [-0.2, 0) is 4.74 Å². The van der Waals surface area contributed by atoms with Crippen LogP contribution < -0.4 is 16.0 Å². The minimum absolute atomic E-state index is 0.233. The van der Waals surface area contributed by atoms with Crippen LogP contribution in [0.4, 0.5) is 21.3 Å². The van der Waals surface area contributed by atoms with Gasteiger partial charge in [0.05, 0.1) is 22.9 Å². The maximum Gasteiger partial charge on any atom is 0.337 e. The number of benzene rings is 3. The number of hydrogen-bond acceptors (Lipinski definition) is 6. The van der Waals surface area contributed by atoms with E-state index in [0.717, 1.165) is 15.8 Å². The van der Waals surface area contributed by atoms with E-state index in [2.05, 4.69) is 25.7 Å². The highest BCUT2D eigenvalue weighted by molar-refractivity contribution is 7.22. The van der Waals surface area contributed by atoms with Crippen molar-refractivity contribution in [2.24, 2.45) is 0 Å². The van der Waals surface area contributed by atoms with Crippen molar-refractivity contribution in [1.29, 1.82) is 0 Å². The number of aromatic nitrogens is 1. The molecule has 3 aromatic carbocycles. The predicted molar refractivity (Wildman–Crippen MR) is 129 cm³/mol. The number of amides is 3. The van der Waals surface area contributed by atoms with Crippen molar-refractivity contribution < 1.29 is 19.1 Å². The Labute approximate surface area is 193 Å². The number of nitrogens with zero attached hydrogens (tertiary/aromatic N) is 1.